The predicted octanol–water partition coefficient (Wildman–Crippen LogP) is 3.71. The molecule has 1 aliphatic rings. The Kier molecular flexibility index (Phi) is 4.74. The van der Waals surface area contributed by atoms with Gasteiger partial charge in [-0.2, -0.15) is 0 Å². The van der Waals surface area contributed by atoms with Gasteiger partial charge >= 0.3 is 0 Å². The third-order valence-electron chi connectivity index (χ3n) is 4.44. The second kappa shape index (κ2) is 6.93. The van der Waals surface area contributed by atoms with Crippen molar-refractivity contribution in [1.29, 1.82) is 0 Å². The summed E-state index contributed by atoms with van der Waals surface area (Å²) in [5.74, 6) is 0.393. The van der Waals surface area contributed by atoms with Crippen molar-refractivity contribution in [2.45, 2.75) is 25.2 Å². The Balaban J connectivity index is 1.74. The molecule has 2 N–H and O–H groups in total. The van der Waals surface area contributed by atoms with Crippen molar-refractivity contribution in [3.8, 4) is 0 Å². The summed E-state index contributed by atoms with van der Waals surface area (Å²) in [6, 6.07) is 16.0. The predicted molar refractivity (Wildman–Crippen MR) is 89.8 cm³/mol. The molecule has 1 saturated heterocycles. The van der Waals surface area contributed by atoms with Crippen LogP contribution in [0.15, 0.2) is 48.5 Å². The van der Waals surface area contributed by atoms with E-state index in [4.69, 9.17) is 5.73 Å². The molecule has 1 fully saturated rings. The molecule has 2 aromatic rings. The van der Waals surface area contributed by atoms with E-state index in [2.05, 4.69) is 35.2 Å². The maximum absolute atomic E-state index is 13.9. The van der Waals surface area contributed by atoms with E-state index in [1.807, 2.05) is 6.07 Å². The molecule has 1 heterocycles. The number of nitrogens with zero attached hydrogens (tertiary/aromatic N) is 1. The monoisotopic (exact) mass is 298 g/mol. The van der Waals surface area contributed by atoms with Crippen LogP contribution >= 0.6 is 0 Å². The zero-order valence-electron chi connectivity index (χ0n) is 12.8. The van der Waals surface area contributed by atoms with Gasteiger partial charge in [0.25, 0.3) is 0 Å². The average Bonchev–Trinajstić information content (AvgIpc) is 3.03. The van der Waals surface area contributed by atoms with Crippen LogP contribution in [0.4, 0.5) is 10.1 Å². The molecule has 0 bridgehead atoms. The summed E-state index contributed by atoms with van der Waals surface area (Å²) < 4.78 is 13.9. The number of hydrogen-bond donors (Lipinski definition) is 1. The van der Waals surface area contributed by atoms with Gasteiger partial charge in [0.1, 0.15) is 5.82 Å². The van der Waals surface area contributed by atoms with Crippen LogP contribution in [0.5, 0.6) is 0 Å². The Hall–Kier alpha value is -1.87. The van der Waals surface area contributed by atoms with Gasteiger partial charge in [0.2, 0.25) is 0 Å². The summed E-state index contributed by atoms with van der Waals surface area (Å²) >= 11 is 0. The van der Waals surface area contributed by atoms with E-state index in [-0.39, 0.29) is 5.82 Å². The number of nitrogens with two attached hydrogens (primary N) is 1. The molecule has 3 rings (SSSR count). The van der Waals surface area contributed by atoms with Crippen molar-refractivity contribution in [2.24, 2.45) is 5.73 Å². The van der Waals surface area contributed by atoms with E-state index in [0.29, 0.717) is 12.5 Å². The Morgan fingerprint density at radius 2 is 1.95 bits per heavy atom. The molecule has 0 saturated carbocycles. The van der Waals surface area contributed by atoms with Crippen LogP contribution in [0.1, 0.15) is 29.9 Å². The van der Waals surface area contributed by atoms with Gasteiger partial charge in [-0.15, -0.1) is 0 Å². The van der Waals surface area contributed by atoms with Crippen molar-refractivity contribution < 1.29 is 4.39 Å². The third-order valence-corrected chi connectivity index (χ3v) is 4.44. The Morgan fingerprint density at radius 1 is 1.14 bits per heavy atom. The van der Waals surface area contributed by atoms with Crippen LogP contribution in [0, 0.1) is 5.82 Å². The smallest absolute Gasteiger partial charge is 0.125 e. The zero-order valence-corrected chi connectivity index (χ0v) is 12.8. The highest BCUT2D eigenvalue weighted by Gasteiger charge is 2.24. The van der Waals surface area contributed by atoms with Crippen LogP contribution < -0.4 is 10.6 Å². The molecule has 116 valence electrons. The molecule has 0 aliphatic carbocycles. The van der Waals surface area contributed by atoms with Crippen LogP contribution in [0.25, 0.3) is 0 Å². The van der Waals surface area contributed by atoms with Crippen LogP contribution in [-0.2, 0) is 6.42 Å². The zero-order chi connectivity index (χ0) is 15.4. The summed E-state index contributed by atoms with van der Waals surface area (Å²) in [6.07, 6.45) is 2.87. The van der Waals surface area contributed by atoms with Gasteiger partial charge in [-0.3, -0.25) is 0 Å². The number of anilines is 1. The molecule has 2 nitrogen and oxygen atoms in total. The highest BCUT2D eigenvalue weighted by atomic mass is 19.1. The first-order valence-electron chi connectivity index (χ1n) is 8.05. The van der Waals surface area contributed by atoms with E-state index in [9.17, 15) is 4.39 Å². The second-order valence-electron chi connectivity index (χ2n) is 6.05. The average molecular weight is 298 g/mol. The van der Waals surface area contributed by atoms with Crippen molar-refractivity contribution in [3.63, 3.8) is 0 Å². The molecule has 0 spiro atoms. The normalized spacial score (nSPS) is 17.9. The molecule has 0 amide bonds. The largest absolute Gasteiger partial charge is 0.371 e. The van der Waals surface area contributed by atoms with E-state index in [1.165, 1.54) is 5.56 Å². The first-order chi connectivity index (χ1) is 10.8. The molecular weight excluding hydrogens is 275 g/mol. The lowest BCUT2D eigenvalue weighted by Gasteiger charge is -2.20. The topological polar surface area (TPSA) is 29.3 Å². The lowest BCUT2D eigenvalue weighted by Crippen LogP contribution is -2.19. The summed E-state index contributed by atoms with van der Waals surface area (Å²) in [5, 5.41) is 0. The molecule has 1 unspecified atom stereocenters. The Morgan fingerprint density at radius 3 is 2.73 bits per heavy atom. The van der Waals surface area contributed by atoms with Gasteiger partial charge in [-0.1, -0.05) is 30.3 Å². The summed E-state index contributed by atoms with van der Waals surface area (Å²) in [4.78, 5) is 2.30. The minimum atomic E-state index is -0.146. The number of hydrogen-bond acceptors (Lipinski definition) is 2. The van der Waals surface area contributed by atoms with Crippen molar-refractivity contribution >= 4 is 5.69 Å². The minimum absolute atomic E-state index is 0.146. The maximum Gasteiger partial charge on any atom is 0.125 e. The molecule has 3 heteroatoms. The van der Waals surface area contributed by atoms with E-state index >= 15 is 0 Å². The Bertz CT molecular complexity index is 612. The second-order valence-corrected chi connectivity index (χ2v) is 6.05. The number of aryl methyl sites for hydroxylation is 1. The van der Waals surface area contributed by atoms with Crippen molar-refractivity contribution in [1.82, 2.24) is 0 Å². The fraction of sp³-hybridized carbons (Fsp3) is 0.368. The summed E-state index contributed by atoms with van der Waals surface area (Å²) in [6.45, 7) is 2.59. The van der Waals surface area contributed by atoms with Crippen LogP contribution in [0.3, 0.4) is 0 Å². The number of halogens is 1. The van der Waals surface area contributed by atoms with Crippen LogP contribution in [-0.4, -0.2) is 19.6 Å². The molecular formula is C19H23FN2. The highest BCUT2D eigenvalue weighted by Crippen LogP contribution is 2.31. The van der Waals surface area contributed by atoms with Gasteiger partial charge in [-0.25, -0.2) is 4.39 Å². The van der Waals surface area contributed by atoms with Gasteiger partial charge in [0.05, 0.1) is 0 Å². The lowest BCUT2D eigenvalue weighted by atomic mass is 9.99. The van der Waals surface area contributed by atoms with E-state index in [1.54, 1.807) is 12.1 Å². The number of benzene rings is 2. The number of rotatable bonds is 5. The van der Waals surface area contributed by atoms with Gasteiger partial charge in [-0.05, 0) is 55.1 Å². The molecule has 22 heavy (non-hydrogen) atoms. The molecule has 0 radical (unpaired) electrons. The van der Waals surface area contributed by atoms with Crippen molar-refractivity contribution in [2.75, 3.05) is 24.5 Å². The highest BCUT2D eigenvalue weighted by molar-refractivity contribution is 5.51. The third kappa shape index (κ3) is 3.47. The quantitative estimate of drug-likeness (QED) is 0.911. The molecule has 1 aliphatic heterocycles. The van der Waals surface area contributed by atoms with Crippen molar-refractivity contribution in [3.05, 3.63) is 65.5 Å². The Labute approximate surface area is 131 Å². The first-order valence-corrected chi connectivity index (χ1v) is 8.05. The lowest BCUT2D eigenvalue weighted by molar-refractivity contribution is 0.624. The van der Waals surface area contributed by atoms with Gasteiger partial charge in [0.15, 0.2) is 0 Å². The fourth-order valence-electron chi connectivity index (χ4n) is 3.26. The van der Waals surface area contributed by atoms with Crippen LogP contribution in [0.2, 0.25) is 0 Å². The van der Waals surface area contributed by atoms with Gasteiger partial charge < -0.3 is 10.6 Å². The maximum atomic E-state index is 13.9. The molecule has 1 atom stereocenters. The van der Waals surface area contributed by atoms with E-state index in [0.717, 1.165) is 43.6 Å². The fourth-order valence-corrected chi connectivity index (χ4v) is 3.26. The SMILES string of the molecule is NCCCc1cc(F)cc(N2CCC(c3ccccc3)C2)c1. The molecule has 2 aromatic carbocycles. The minimum Gasteiger partial charge on any atom is -0.371 e. The summed E-state index contributed by atoms with van der Waals surface area (Å²) in [5.41, 5.74) is 8.98. The standard InChI is InChI=1S/C19H23FN2/c20-18-11-15(5-4-9-21)12-19(13-18)22-10-8-17(14-22)16-6-2-1-3-7-16/h1-3,6-7,11-13,17H,4-5,8-10,14,21H2. The summed E-state index contributed by atoms with van der Waals surface area (Å²) in [7, 11) is 0. The first kappa shape index (κ1) is 15.0. The van der Waals surface area contributed by atoms with Gasteiger partial charge in [0, 0.05) is 24.7 Å². The molecule has 0 aromatic heterocycles. The van der Waals surface area contributed by atoms with E-state index < -0.39 is 0 Å².